The first-order chi connectivity index (χ1) is 8.41. The van der Waals surface area contributed by atoms with E-state index in [1.165, 1.54) is 6.92 Å². The molecule has 18 heavy (non-hydrogen) atoms. The van der Waals surface area contributed by atoms with E-state index in [0.717, 1.165) is 19.1 Å². The number of sulfone groups is 1. The van der Waals surface area contributed by atoms with Gasteiger partial charge in [-0.05, 0) is 19.8 Å². The molecule has 0 bridgehead atoms. The van der Waals surface area contributed by atoms with Crippen molar-refractivity contribution in [3.63, 3.8) is 0 Å². The zero-order valence-electron chi connectivity index (χ0n) is 10.4. The first-order valence-electron chi connectivity index (χ1n) is 5.79. The summed E-state index contributed by atoms with van der Waals surface area (Å²) in [6.07, 6.45) is 2.53. The zero-order valence-corrected chi connectivity index (χ0v) is 11.2. The maximum Gasteiger partial charge on any atom is 0.244 e. The molecule has 0 aliphatic carbocycles. The highest BCUT2D eigenvalue weighted by atomic mass is 32.2. The molecule has 1 aromatic rings. The lowest BCUT2D eigenvalue weighted by atomic mass is 10.2. The van der Waals surface area contributed by atoms with Gasteiger partial charge >= 0.3 is 0 Å². The summed E-state index contributed by atoms with van der Waals surface area (Å²) in [4.78, 5) is 4.10. The third-order valence-electron chi connectivity index (χ3n) is 3.11. The second kappa shape index (κ2) is 4.94. The minimum absolute atomic E-state index is 0.0179. The first-order valence-corrected chi connectivity index (χ1v) is 7.75. The molecule has 1 aromatic heterocycles. The summed E-state index contributed by atoms with van der Waals surface area (Å²) < 4.78 is 33.4. The van der Waals surface area contributed by atoms with Gasteiger partial charge in [-0.2, -0.15) is 4.98 Å². The minimum atomic E-state index is -3.24. The van der Waals surface area contributed by atoms with E-state index in [1.807, 2.05) is 0 Å². The van der Waals surface area contributed by atoms with Crippen molar-refractivity contribution in [3.05, 3.63) is 11.7 Å². The van der Waals surface area contributed by atoms with E-state index in [0.29, 0.717) is 12.4 Å². The topological polar surface area (TPSA) is 108 Å². The van der Waals surface area contributed by atoms with Crippen LogP contribution in [0.4, 0.5) is 0 Å². The van der Waals surface area contributed by atoms with Gasteiger partial charge < -0.3 is 15.0 Å². The van der Waals surface area contributed by atoms with Gasteiger partial charge in [0.05, 0.1) is 6.10 Å². The van der Waals surface area contributed by atoms with Gasteiger partial charge in [-0.1, -0.05) is 5.16 Å². The quantitative estimate of drug-likeness (QED) is 0.844. The number of rotatable bonds is 4. The van der Waals surface area contributed by atoms with Crippen molar-refractivity contribution in [2.45, 2.75) is 37.2 Å². The highest BCUT2D eigenvalue weighted by Gasteiger charge is 2.31. The number of hydrogen-bond acceptors (Lipinski definition) is 7. The lowest BCUT2D eigenvalue weighted by Crippen LogP contribution is -2.19. The number of hydrogen-bond donors (Lipinski definition) is 1. The average Bonchev–Trinajstić information content (AvgIpc) is 2.95. The fourth-order valence-electron chi connectivity index (χ4n) is 1.80. The Kier molecular flexibility index (Phi) is 3.69. The number of aromatic nitrogens is 2. The molecule has 7 nitrogen and oxygen atoms in total. The highest BCUT2D eigenvalue weighted by Crippen LogP contribution is 2.31. The van der Waals surface area contributed by atoms with Gasteiger partial charge in [0.15, 0.2) is 9.84 Å². The van der Waals surface area contributed by atoms with E-state index in [4.69, 9.17) is 15.0 Å². The van der Waals surface area contributed by atoms with Crippen LogP contribution < -0.4 is 5.73 Å². The molecule has 8 heteroatoms. The van der Waals surface area contributed by atoms with Crippen molar-refractivity contribution in [1.82, 2.24) is 10.1 Å². The second-order valence-electron chi connectivity index (χ2n) is 4.52. The summed E-state index contributed by atoms with van der Waals surface area (Å²) in [7, 11) is -3.24. The monoisotopic (exact) mass is 275 g/mol. The Bertz CT molecular complexity index is 513. The molecule has 0 saturated carbocycles. The van der Waals surface area contributed by atoms with E-state index < -0.39 is 15.1 Å². The van der Waals surface area contributed by atoms with Crippen LogP contribution in [0.3, 0.4) is 0 Å². The van der Waals surface area contributed by atoms with Crippen LogP contribution in [0.15, 0.2) is 4.52 Å². The van der Waals surface area contributed by atoms with E-state index in [9.17, 15) is 8.42 Å². The van der Waals surface area contributed by atoms with E-state index in [1.54, 1.807) is 0 Å². The highest BCUT2D eigenvalue weighted by molar-refractivity contribution is 7.90. The summed E-state index contributed by atoms with van der Waals surface area (Å²) in [6.45, 7) is 1.98. The maximum atomic E-state index is 11.4. The van der Waals surface area contributed by atoms with Crippen molar-refractivity contribution >= 4 is 9.84 Å². The van der Waals surface area contributed by atoms with E-state index in [2.05, 4.69) is 10.1 Å². The van der Waals surface area contributed by atoms with Crippen molar-refractivity contribution in [1.29, 1.82) is 0 Å². The van der Waals surface area contributed by atoms with E-state index in [-0.39, 0.29) is 18.1 Å². The third-order valence-corrected chi connectivity index (χ3v) is 4.59. The Hall–Kier alpha value is -0.990. The van der Waals surface area contributed by atoms with Gasteiger partial charge in [-0.15, -0.1) is 0 Å². The first kappa shape index (κ1) is 13.4. The molecule has 3 atom stereocenters. The Morgan fingerprint density at radius 1 is 1.50 bits per heavy atom. The number of nitrogens with two attached hydrogens (primary N) is 1. The van der Waals surface area contributed by atoms with Crippen LogP contribution in [0.2, 0.25) is 0 Å². The van der Waals surface area contributed by atoms with Gasteiger partial charge in [-0.3, -0.25) is 0 Å². The Labute approximate surface area is 106 Å². The molecule has 1 aliphatic heterocycles. The van der Waals surface area contributed by atoms with Crippen LogP contribution in [-0.4, -0.2) is 37.5 Å². The minimum Gasteiger partial charge on any atom is -0.366 e. The van der Waals surface area contributed by atoms with Crippen LogP contribution >= 0.6 is 0 Å². The van der Waals surface area contributed by atoms with Crippen molar-refractivity contribution in [3.8, 4) is 0 Å². The molecular formula is C10H17N3O4S. The van der Waals surface area contributed by atoms with Crippen molar-refractivity contribution < 1.29 is 17.7 Å². The summed E-state index contributed by atoms with van der Waals surface area (Å²) in [5.41, 5.74) is 5.52. The lowest BCUT2D eigenvalue weighted by Gasteiger charge is -2.07. The SMILES string of the molecule is CC(c1nc(C2CCC(CN)O2)no1)S(C)(=O)=O. The molecule has 1 saturated heterocycles. The van der Waals surface area contributed by atoms with Gasteiger partial charge in [0.25, 0.3) is 0 Å². The molecule has 0 radical (unpaired) electrons. The molecule has 0 spiro atoms. The Balaban J connectivity index is 2.12. The normalized spacial score (nSPS) is 26.4. The van der Waals surface area contributed by atoms with Crippen LogP contribution in [0, 0.1) is 0 Å². The molecule has 1 fully saturated rings. The fourth-order valence-corrected chi connectivity index (χ4v) is 2.26. The summed E-state index contributed by atoms with van der Waals surface area (Å²) in [5.74, 6) is 0.503. The second-order valence-corrected chi connectivity index (χ2v) is 6.89. The Morgan fingerprint density at radius 3 is 2.78 bits per heavy atom. The van der Waals surface area contributed by atoms with Crippen LogP contribution in [-0.2, 0) is 14.6 Å². The number of ether oxygens (including phenoxy) is 1. The van der Waals surface area contributed by atoms with Crippen LogP contribution in [0.25, 0.3) is 0 Å². The summed E-state index contributed by atoms with van der Waals surface area (Å²) in [5, 5.41) is 2.98. The van der Waals surface area contributed by atoms with Gasteiger partial charge in [0.2, 0.25) is 11.7 Å². The molecule has 1 aliphatic rings. The molecule has 2 heterocycles. The molecule has 0 aromatic carbocycles. The smallest absolute Gasteiger partial charge is 0.244 e. The maximum absolute atomic E-state index is 11.4. The largest absolute Gasteiger partial charge is 0.366 e. The van der Waals surface area contributed by atoms with Gasteiger partial charge in [0, 0.05) is 12.8 Å². The van der Waals surface area contributed by atoms with Crippen LogP contribution in [0.1, 0.15) is 42.8 Å². The summed E-state index contributed by atoms with van der Waals surface area (Å²) in [6, 6.07) is 0. The average molecular weight is 275 g/mol. The molecule has 3 unspecified atom stereocenters. The standard InChI is InChI=1S/C10H17N3O4S/c1-6(18(2,14)15)10-12-9(13-17-10)8-4-3-7(5-11)16-8/h6-8H,3-5,11H2,1-2H3. The molecule has 102 valence electrons. The molecule has 2 N–H and O–H groups in total. The molecule has 0 amide bonds. The molecular weight excluding hydrogens is 258 g/mol. The third kappa shape index (κ3) is 2.70. The number of nitrogens with zero attached hydrogens (tertiary/aromatic N) is 2. The van der Waals surface area contributed by atoms with Gasteiger partial charge in [-0.25, -0.2) is 8.42 Å². The fraction of sp³-hybridized carbons (Fsp3) is 0.800. The molecule has 2 rings (SSSR count). The van der Waals surface area contributed by atoms with E-state index >= 15 is 0 Å². The van der Waals surface area contributed by atoms with Crippen molar-refractivity contribution in [2.24, 2.45) is 5.73 Å². The Morgan fingerprint density at radius 2 is 2.22 bits per heavy atom. The van der Waals surface area contributed by atoms with Crippen molar-refractivity contribution in [2.75, 3.05) is 12.8 Å². The zero-order chi connectivity index (χ0) is 13.3. The predicted octanol–water partition coefficient (Wildman–Crippen LogP) is 0.354. The summed E-state index contributed by atoms with van der Waals surface area (Å²) >= 11 is 0. The lowest BCUT2D eigenvalue weighted by molar-refractivity contribution is 0.0435. The van der Waals surface area contributed by atoms with Gasteiger partial charge in [0.1, 0.15) is 11.4 Å². The van der Waals surface area contributed by atoms with Crippen LogP contribution in [0.5, 0.6) is 0 Å². The predicted molar refractivity (Wildman–Crippen MR) is 63.5 cm³/mol.